The number of benzene rings is 2. The van der Waals surface area contributed by atoms with Crippen LogP contribution in [0.15, 0.2) is 42.5 Å². The quantitative estimate of drug-likeness (QED) is 0.352. The van der Waals surface area contributed by atoms with Crippen LogP contribution in [0.4, 0.5) is 0 Å². The van der Waals surface area contributed by atoms with Crippen LogP contribution < -0.4 is 15.5 Å². The Hall–Kier alpha value is -2.88. The summed E-state index contributed by atoms with van der Waals surface area (Å²) in [7, 11) is 1.10. The van der Waals surface area contributed by atoms with Gasteiger partial charge >= 0.3 is 13.1 Å². The van der Waals surface area contributed by atoms with E-state index in [0.29, 0.717) is 17.7 Å². The molecular formula is C29H40BNO7. The molecule has 0 aliphatic carbocycles. The van der Waals surface area contributed by atoms with E-state index in [1.807, 2.05) is 71.9 Å². The number of methoxy groups -OCH3 is 1. The molecule has 0 spiro atoms. The van der Waals surface area contributed by atoms with Crippen LogP contribution in [0.3, 0.4) is 0 Å². The lowest BCUT2D eigenvalue weighted by Crippen LogP contribution is -2.41. The number of hydrogen-bond donors (Lipinski definition) is 1. The van der Waals surface area contributed by atoms with Gasteiger partial charge in [-0.15, -0.1) is 0 Å². The van der Waals surface area contributed by atoms with Crippen molar-refractivity contribution in [2.24, 2.45) is 0 Å². The molecule has 1 N–H and O–H groups in total. The number of rotatable bonds is 11. The van der Waals surface area contributed by atoms with Gasteiger partial charge in [-0.3, -0.25) is 4.79 Å². The Morgan fingerprint density at radius 3 is 2.18 bits per heavy atom. The first-order valence-electron chi connectivity index (χ1n) is 13.1. The molecule has 9 heteroatoms. The highest BCUT2D eigenvalue weighted by Gasteiger charge is 2.51. The molecule has 1 amide bonds. The predicted molar refractivity (Wildman–Crippen MR) is 147 cm³/mol. The summed E-state index contributed by atoms with van der Waals surface area (Å²) in [6.45, 7) is 14.1. The van der Waals surface area contributed by atoms with Crippen LogP contribution in [0.5, 0.6) is 5.75 Å². The minimum absolute atomic E-state index is 0.127. The molecule has 206 valence electrons. The van der Waals surface area contributed by atoms with Gasteiger partial charge in [0.1, 0.15) is 5.75 Å². The summed E-state index contributed by atoms with van der Waals surface area (Å²) in [5.74, 6) is 0.0314. The molecule has 2 aromatic rings. The molecule has 3 rings (SSSR count). The van der Waals surface area contributed by atoms with Gasteiger partial charge in [0.2, 0.25) is 0 Å². The lowest BCUT2D eigenvalue weighted by atomic mass is 9.79. The van der Waals surface area contributed by atoms with Crippen molar-refractivity contribution in [2.75, 3.05) is 13.7 Å². The molecule has 8 nitrogen and oxygen atoms in total. The molecular weight excluding hydrogens is 485 g/mol. The number of nitrogens with one attached hydrogen (secondary N) is 1. The van der Waals surface area contributed by atoms with E-state index >= 15 is 0 Å². The van der Waals surface area contributed by atoms with Crippen LogP contribution in [0.25, 0.3) is 0 Å². The highest BCUT2D eigenvalue weighted by Crippen LogP contribution is 2.36. The lowest BCUT2D eigenvalue weighted by Gasteiger charge is -2.32. The number of ether oxygens (including phenoxy) is 3. The largest absolute Gasteiger partial charge is 0.496 e. The van der Waals surface area contributed by atoms with Crippen molar-refractivity contribution >= 4 is 24.5 Å². The number of esters is 1. The third kappa shape index (κ3) is 7.15. The van der Waals surface area contributed by atoms with Crippen LogP contribution in [0.1, 0.15) is 70.0 Å². The maximum atomic E-state index is 12.9. The van der Waals surface area contributed by atoms with Crippen LogP contribution in [0, 0.1) is 0 Å². The second-order valence-corrected chi connectivity index (χ2v) is 10.7. The van der Waals surface area contributed by atoms with Crippen LogP contribution in [-0.2, 0) is 36.5 Å². The molecule has 1 heterocycles. The first-order chi connectivity index (χ1) is 17.9. The summed E-state index contributed by atoms with van der Waals surface area (Å²) in [6.07, 6.45) is -0.492. The van der Waals surface area contributed by atoms with Gasteiger partial charge in [-0.2, -0.15) is 0 Å². The predicted octanol–water partition coefficient (Wildman–Crippen LogP) is 3.82. The summed E-state index contributed by atoms with van der Waals surface area (Å²) in [5.41, 5.74) is 2.18. The highest BCUT2D eigenvalue weighted by atomic mass is 16.7. The van der Waals surface area contributed by atoms with Gasteiger partial charge in [0, 0.05) is 24.1 Å². The molecule has 1 aliphatic heterocycles. The van der Waals surface area contributed by atoms with E-state index in [0.717, 1.165) is 16.6 Å². The zero-order chi connectivity index (χ0) is 28.1. The van der Waals surface area contributed by atoms with E-state index in [-0.39, 0.29) is 25.2 Å². The highest BCUT2D eigenvalue weighted by molar-refractivity contribution is 6.62. The van der Waals surface area contributed by atoms with Crippen molar-refractivity contribution in [1.82, 2.24) is 5.32 Å². The zero-order valence-corrected chi connectivity index (χ0v) is 23.8. The van der Waals surface area contributed by atoms with Crippen molar-refractivity contribution in [3.8, 4) is 5.75 Å². The Morgan fingerprint density at radius 1 is 1.00 bits per heavy atom. The normalized spacial score (nSPS) is 16.8. The standard InChI is InChI=1S/C29H40BNO7/c1-9-35-27(33)25(36-19(2)3)17-20-10-15-24(34-8)22(16-20)18-31-26(32)21-11-13-23(14-12-21)30-37-28(4,5)29(6,7)38-30/h10-16,19,25H,9,17-18H2,1-8H3,(H,31,32). The zero-order valence-electron chi connectivity index (χ0n) is 23.8. The Morgan fingerprint density at radius 2 is 1.63 bits per heavy atom. The van der Waals surface area contributed by atoms with Gasteiger partial charge in [0.05, 0.1) is 31.0 Å². The van der Waals surface area contributed by atoms with Gasteiger partial charge in [0.15, 0.2) is 6.10 Å². The second-order valence-electron chi connectivity index (χ2n) is 10.7. The molecule has 1 aliphatic rings. The molecule has 1 fully saturated rings. The summed E-state index contributed by atoms with van der Waals surface area (Å²) < 4.78 is 28.7. The van der Waals surface area contributed by atoms with E-state index < -0.39 is 30.4 Å². The molecule has 2 aromatic carbocycles. The second kappa shape index (κ2) is 12.3. The van der Waals surface area contributed by atoms with Gasteiger partial charge in [-0.25, -0.2) is 4.79 Å². The first-order valence-corrected chi connectivity index (χ1v) is 13.1. The van der Waals surface area contributed by atoms with Crippen molar-refractivity contribution in [3.05, 3.63) is 59.2 Å². The SMILES string of the molecule is CCOC(=O)C(Cc1ccc(OC)c(CNC(=O)c2ccc(B3OC(C)(C)C(C)(C)O3)cc2)c1)OC(C)C. The minimum atomic E-state index is -0.715. The first kappa shape index (κ1) is 29.7. The van der Waals surface area contributed by atoms with Gasteiger partial charge in [-0.1, -0.05) is 24.3 Å². The number of carbonyl (C=O) groups is 2. The van der Waals surface area contributed by atoms with Crippen molar-refractivity contribution in [2.45, 2.75) is 84.8 Å². The fourth-order valence-electron chi connectivity index (χ4n) is 4.11. The van der Waals surface area contributed by atoms with Gasteiger partial charge in [0.25, 0.3) is 5.91 Å². The molecule has 0 bridgehead atoms. The Bertz CT molecular complexity index is 1100. The van der Waals surface area contributed by atoms with Crippen molar-refractivity contribution in [1.29, 1.82) is 0 Å². The van der Waals surface area contributed by atoms with Crippen molar-refractivity contribution < 1.29 is 33.1 Å². The number of carbonyl (C=O) groups excluding carboxylic acids is 2. The number of hydrogen-bond acceptors (Lipinski definition) is 7. The third-order valence-electron chi connectivity index (χ3n) is 6.89. The molecule has 0 saturated carbocycles. The molecule has 0 radical (unpaired) electrons. The van der Waals surface area contributed by atoms with Crippen molar-refractivity contribution in [3.63, 3.8) is 0 Å². The molecule has 1 saturated heterocycles. The third-order valence-corrected chi connectivity index (χ3v) is 6.89. The van der Waals surface area contributed by atoms with E-state index in [4.69, 9.17) is 23.5 Å². The van der Waals surface area contributed by atoms with E-state index in [2.05, 4.69) is 5.32 Å². The summed E-state index contributed by atoms with van der Waals surface area (Å²) in [5, 5.41) is 2.96. The fraction of sp³-hybridized carbons (Fsp3) is 0.517. The van der Waals surface area contributed by atoms with Crippen LogP contribution in [0.2, 0.25) is 0 Å². The fourth-order valence-corrected chi connectivity index (χ4v) is 4.11. The Kier molecular flexibility index (Phi) is 9.62. The average Bonchev–Trinajstić information content (AvgIpc) is 3.08. The summed E-state index contributed by atoms with van der Waals surface area (Å²) in [6, 6.07) is 12.8. The average molecular weight is 525 g/mol. The molecule has 0 aromatic heterocycles. The van der Waals surface area contributed by atoms with Gasteiger partial charge < -0.3 is 28.8 Å². The maximum absolute atomic E-state index is 12.9. The molecule has 1 atom stereocenters. The smallest absolute Gasteiger partial charge is 0.494 e. The van der Waals surface area contributed by atoms with E-state index in [1.165, 1.54) is 0 Å². The van der Waals surface area contributed by atoms with Gasteiger partial charge in [-0.05, 0) is 77.7 Å². The van der Waals surface area contributed by atoms with Crippen LogP contribution >= 0.6 is 0 Å². The minimum Gasteiger partial charge on any atom is -0.496 e. The number of amides is 1. The summed E-state index contributed by atoms with van der Waals surface area (Å²) in [4.78, 5) is 25.3. The molecule has 1 unspecified atom stereocenters. The van der Waals surface area contributed by atoms with Crippen LogP contribution in [-0.4, -0.2) is 56.1 Å². The van der Waals surface area contributed by atoms with E-state index in [1.54, 1.807) is 26.2 Å². The lowest BCUT2D eigenvalue weighted by molar-refractivity contribution is -0.159. The Labute approximate surface area is 226 Å². The maximum Gasteiger partial charge on any atom is 0.494 e. The summed E-state index contributed by atoms with van der Waals surface area (Å²) >= 11 is 0. The van der Waals surface area contributed by atoms with E-state index in [9.17, 15) is 9.59 Å². The monoisotopic (exact) mass is 525 g/mol. The Balaban J connectivity index is 1.67. The topological polar surface area (TPSA) is 92.3 Å². The molecule has 38 heavy (non-hydrogen) atoms.